The molecule has 27 heavy (non-hydrogen) atoms. The third kappa shape index (κ3) is 7.92. The molecule has 0 atom stereocenters. The van der Waals surface area contributed by atoms with Crippen LogP contribution in [-0.4, -0.2) is 32.6 Å². The summed E-state index contributed by atoms with van der Waals surface area (Å²) in [5.74, 6) is 1.73. The van der Waals surface area contributed by atoms with Gasteiger partial charge in [-0.05, 0) is 59.2 Å². The number of rotatable bonds is 15. The maximum Gasteiger partial charge on any atom is 0.160 e. The maximum atomic E-state index is 12.3. The van der Waals surface area contributed by atoms with Gasteiger partial charge in [-0.25, -0.2) is 0 Å². The molecule has 0 aliphatic carbocycles. The van der Waals surface area contributed by atoms with Crippen LogP contribution in [0.25, 0.3) is 0 Å². The van der Waals surface area contributed by atoms with Gasteiger partial charge >= 0.3 is 0 Å². The molecule has 1 N–H and O–H groups in total. The third-order valence-corrected chi connectivity index (χ3v) is 4.82. The summed E-state index contributed by atoms with van der Waals surface area (Å²) in [6.45, 7) is 10.3. The topological polar surface area (TPSA) is 47.6 Å². The zero-order chi connectivity index (χ0) is 20.1. The minimum atomic E-state index is 0.0753. The van der Waals surface area contributed by atoms with Gasteiger partial charge in [0.1, 0.15) is 11.5 Å². The molecule has 0 unspecified atom stereocenters. The molecule has 0 saturated heterocycles. The molecule has 0 aliphatic heterocycles. The Morgan fingerprint density at radius 3 is 2.19 bits per heavy atom. The van der Waals surface area contributed by atoms with Gasteiger partial charge in [-0.2, -0.15) is 0 Å². The van der Waals surface area contributed by atoms with Crippen LogP contribution in [0.15, 0.2) is 6.07 Å². The second-order valence-electron chi connectivity index (χ2n) is 7.23. The van der Waals surface area contributed by atoms with Crippen molar-refractivity contribution in [3.05, 3.63) is 22.8 Å². The number of carbonyl (C=O) groups excluding carboxylic acids is 1. The highest BCUT2D eigenvalue weighted by molar-refractivity contribution is 5.97. The molecule has 0 heterocycles. The van der Waals surface area contributed by atoms with Gasteiger partial charge in [0.2, 0.25) is 0 Å². The summed E-state index contributed by atoms with van der Waals surface area (Å²) in [7, 11) is 1.95. The molecule has 0 bridgehead atoms. The predicted octanol–water partition coefficient (Wildman–Crippen LogP) is 5.49. The Bertz CT molecular complexity index is 569. The Kier molecular flexibility index (Phi) is 11.8. The summed E-state index contributed by atoms with van der Waals surface area (Å²) in [4.78, 5) is 12.3. The first-order valence-corrected chi connectivity index (χ1v) is 10.6. The molecule has 0 aliphatic rings. The lowest BCUT2D eigenvalue weighted by Gasteiger charge is -2.20. The van der Waals surface area contributed by atoms with E-state index in [9.17, 15) is 4.79 Å². The van der Waals surface area contributed by atoms with Gasteiger partial charge in [0, 0.05) is 16.7 Å². The normalized spacial score (nSPS) is 10.9. The molecule has 0 radical (unpaired) electrons. The number of hydrogen-bond donors (Lipinski definition) is 1. The van der Waals surface area contributed by atoms with E-state index < -0.39 is 0 Å². The van der Waals surface area contributed by atoms with Gasteiger partial charge in [0.15, 0.2) is 5.78 Å². The molecule has 0 fully saturated rings. The number of carbonyl (C=O) groups is 1. The first-order valence-electron chi connectivity index (χ1n) is 10.6. The molecule has 0 spiro atoms. The van der Waals surface area contributed by atoms with Gasteiger partial charge in [-0.3, -0.25) is 4.79 Å². The van der Waals surface area contributed by atoms with Gasteiger partial charge in [0.05, 0.1) is 13.2 Å². The molecule has 0 amide bonds. The highest BCUT2D eigenvalue weighted by Crippen LogP contribution is 2.36. The molecule has 1 rings (SSSR count). The zero-order valence-corrected chi connectivity index (χ0v) is 18.1. The monoisotopic (exact) mass is 377 g/mol. The third-order valence-electron chi connectivity index (χ3n) is 4.82. The molecule has 1 aromatic rings. The second-order valence-corrected chi connectivity index (χ2v) is 7.23. The van der Waals surface area contributed by atoms with Crippen LogP contribution in [0.1, 0.15) is 87.2 Å². The van der Waals surface area contributed by atoms with Gasteiger partial charge in [-0.15, -0.1) is 0 Å². The lowest BCUT2D eigenvalue weighted by Crippen LogP contribution is -2.13. The van der Waals surface area contributed by atoms with Crippen molar-refractivity contribution < 1.29 is 14.3 Å². The van der Waals surface area contributed by atoms with Crippen molar-refractivity contribution in [3.8, 4) is 11.5 Å². The minimum absolute atomic E-state index is 0.0753. The summed E-state index contributed by atoms with van der Waals surface area (Å²) >= 11 is 0. The van der Waals surface area contributed by atoms with Crippen molar-refractivity contribution in [1.29, 1.82) is 0 Å². The first-order chi connectivity index (χ1) is 13.1. The summed E-state index contributed by atoms with van der Waals surface area (Å²) in [5.41, 5.74) is 2.80. The van der Waals surface area contributed by atoms with E-state index in [-0.39, 0.29) is 5.78 Å². The quantitative estimate of drug-likeness (QED) is 0.324. The summed E-state index contributed by atoms with van der Waals surface area (Å²) in [6.07, 6.45) is 8.49. The van der Waals surface area contributed by atoms with Crippen molar-refractivity contribution in [1.82, 2.24) is 5.32 Å². The number of benzene rings is 1. The molecular weight excluding hydrogens is 338 g/mol. The van der Waals surface area contributed by atoms with E-state index in [2.05, 4.69) is 26.1 Å². The minimum Gasteiger partial charge on any atom is -0.493 e. The summed E-state index contributed by atoms with van der Waals surface area (Å²) in [6, 6.07) is 1.93. The number of ketones is 1. The van der Waals surface area contributed by atoms with Crippen molar-refractivity contribution in [2.45, 2.75) is 79.1 Å². The predicted molar refractivity (Wildman–Crippen MR) is 113 cm³/mol. The molecule has 154 valence electrons. The zero-order valence-electron chi connectivity index (χ0n) is 18.1. The van der Waals surface area contributed by atoms with Gasteiger partial charge in [-0.1, -0.05) is 39.5 Å². The number of unbranched alkanes of at least 4 members (excludes halogenated alkanes) is 4. The van der Waals surface area contributed by atoms with Crippen LogP contribution in [-0.2, 0) is 6.42 Å². The van der Waals surface area contributed by atoms with E-state index >= 15 is 0 Å². The first kappa shape index (κ1) is 23.5. The summed E-state index contributed by atoms with van der Waals surface area (Å²) < 4.78 is 12.2. The molecular formula is C23H39NO3. The maximum absolute atomic E-state index is 12.3. The SMILES string of the molecule is CCCCCOc1cc(C(C)=O)c(CCCNC)c(OCCCCC)c1C. The van der Waals surface area contributed by atoms with Crippen LogP contribution in [0.4, 0.5) is 0 Å². The number of ether oxygens (including phenoxy) is 2. The standard InChI is InChI=1S/C23H39NO3/c1-6-8-10-15-26-22-17-21(19(4)25)20(13-12-14-24-5)23(18(22)3)27-16-11-9-7-2/h17,24H,6-16H2,1-5H3. The van der Waals surface area contributed by atoms with Crippen molar-refractivity contribution >= 4 is 5.78 Å². The largest absolute Gasteiger partial charge is 0.493 e. The van der Waals surface area contributed by atoms with Crippen LogP contribution in [0, 0.1) is 6.92 Å². The Hall–Kier alpha value is -1.55. The lowest BCUT2D eigenvalue weighted by atomic mass is 9.95. The van der Waals surface area contributed by atoms with Crippen LogP contribution in [0.3, 0.4) is 0 Å². The van der Waals surface area contributed by atoms with E-state index in [0.29, 0.717) is 13.2 Å². The average Bonchev–Trinajstić information content (AvgIpc) is 2.65. The van der Waals surface area contributed by atoms with Crippen LogP contribution >= 0.6 is 0 Å². The molecule has 4 nitrogen and oxygen atoms in total. The number of Topliss-reactive ketones (excluding diaryl/α,β-unsaturated/α-hetero) is 1. The van der Waals surface area contributed by atoms with Crippen LogP contribution < -0.4 is 14.8 Å². The lowest BCUT2D eigenvalue weighted by molar-refractivity contribution is 0.101. The van der Waals surface area contributed by atoms with E-state index in [4.69, 9.17) is 9.47 Å². The Labute approximate surface area is 166 Å². The van der Waals surface area contributed by atoms with Gasteiger partial charge in [0.25, 0.3) is 0 Å². The van der Waals surface area contributed by atoms with E-state index in [1.807, 2.05) is 13.1 Å². The fourth-order valence-electron chi connectivity index (χ4n) is 3.20. The number of hydrogen-bond acceptors (Lipinski definition) is 4. The van der Waals surface area contributed by atoms with Crippen molar-refractivity contribution in [3.63, 3.8) is 0 Å². The molecule has 0 aromatic heterocycles. The molecule has 4 heteroatoms. The molecule has 0 saturated carbocycles. The smallest absolute Gasteiger partial charge is 0.160 e. The van der Waals surface area contributed by atoms with E-state index in [1.165, 1.54) is 0 Å². The van der Waals surface area contributed by atoms with Crippen LogP contribution in [0.2, 0.25) is 0 Å². The van der Waals surface area contributed by atoms with Crippen LogP contribution in [0.5, 0.6) is 11.5 Å². The Morgan fingerprint density at radius 1 is 1.00 bits per heavy atom. The summed E-state index contributed by atoms with van der Waals surface area (Å²) in [5, 5.41) is 3.18. The van der Waals surface area contributed by atoms with E-state index in [1.54, 1.807) is 6.92 Å². The second kappa shape index (κ2) is 13.6. The van der Waals surface area contributed by atoms with Crippen molar-refractivity contribution in [2.24, 2.45) is 0 Å². The molecule has 1 aromatic carbocycles. The highest BCUT2D eigenvalue weighted by atomic mass is 16.5. The highest BCUT2D eigenvalue weighted by Gasteiger charge is 2.20. The van der Waals surface area contributed by atoms with Crippen molar-refractivity contribution in [2.75, 3.05) is 26.8 Å². The number of nitrogens with one attached hydrogen (secondary N) is 1. The van der Waals surface area contributed by atoms with Gasteiger partial charge < -0.3 is 14.8 Å². The fraction of sp³-hybridized carbons (Fsp3) is 0.696. The Balaban J connectivity index is 3.14. The van der Waals surface area contributed by atoms with E-state index in [0.717, 1.165) is 86.1 Å². The fourth-order valence-corrected chi connectivity index (χ4v) is 3.20. The Morgan fingerprint density at radius 2 is 1.63 bits per heavy atom. The average molecular weight is 378 g/mol.